The molecule has 0 bridgehead atoms. The maximum atomic E-state index is 13.4. The van der Waals surface area contributed by atoms with Gasteiger partial charge >= 0.3 is 12.0 Å². The first kappa shape index (κ1) is 17.0. The Morgan fingerprint density at radius 1 is 0.960 bits per heavy atom. The fraction of sp³-hybridized carbons (Fsp3) is 0.300. The molecule has 130 valence electrons. The summed E-state index contributed by atoms with van der Waals surface area (Å²) >= 11 is 0. The average Bonchev–Trinajstić information content (AvgIpc) is 2.64. The molecule has 0 aromatic heterocycles. The second kappa shape index (κ2) is 6.97. The number of carboxylic acids is 1. The van der Waals surface area contributed by atoms with Crippen LogP contribution in [0, 0.1) is 0 Å². The van der Waals surface area contributed by atoms with Gasteiger partial charge in [0.1, 0.15) is 5.54 Å². The summed E-state index contributed by atoms with van der Waals surface area (Å²) in [6.07, 6.45) is 2.08. The van der Waals surface area contributed by atoms with Gasteiger partial charge in [-0.25, -0.2) is 9.59 Å². The van der Waals surface area contributed by atoms with E-state index in [-0.39, 0.29) is 6.03 Å². The lowest BCUT2D eigenvalue weighted by atomic mass is 9.88. The van der Waals surface area contributed by atoms with E-state index in [1.54, 1.807) is 11.8 Å². The first-order valence-corrected chi connectivity index (χ1v) is 8.49. The van der Waals surface area contributed by atoms with Crippen molar-refractivity contribution in [2.24, 2.45) is 0 Å². The molecule has 25 heavy (non-hydrogen) atoms. The standard InChI is InChI=1S/C20H22N2O3/c1-20(18(23)24)14-8-9-15-21(20)19(25)22(16-10-4-2-5-11-16)17-12-6-3-7-13-17/h2-7,10-13H,8-9,14-15H2,1H3,(H,23,24). The molecule has 1 unspecified atom stereocenters. The van der Waals surface area contributed by atoms with Gasteiger partial charge in [0.25, 0.3) is 0 Å². The zero-order valence-electron chi connectivity index (χ0n) is 14.3. The molecule has 2 aromatic rings. The summed E-state index contributed by atoms with van der Waals surface area (Å²) in [5, 5.41) is 9.73. The number of piperidine rings is 1. The van der Waals surface area contributed by atoms with Gasteiger partial charge in [0.15, 0.2) is 0 Å². The van der Waals surface area contributed by atoms with E-state index in [4.69, 9.17) is 0 Å². The SMILES string of the molecule is CC1(C(=O)O)CCCCN1C(=O)N(c1ccccc1)c1ccccc1. The van der Waals surface area contributed by atoms with Crippen molar-refractivity contribution in [1.82, 2.24) is 4.90 Å². The first-order chi connectivity index (χ1) is 12.0. The fourth-order valence-electron chi connectivity index (χ4n) is 3.29. The van der Waals surface area contributed by atoms with Crippen LogP contribution in [0.2, 0.25) is 0 Å². The molecule has 1 aliphatic heterocycles. The lowest BCUT2D eigenvalue weighted by Crippen LogP contribution is -2.60. The summed E-state index contributed by atoms with van der Waals surface area (Å²) in [7, 11) is 0. The quantitative estimate of drug-likeness (QED) is 0.909. The number of rotatable bonds is 3. The lowest BCUT2D eigenvalue weighted by molar-refractivity contribution is -0.150. The first-order valence-electron chi connectivity index (χ1n) is 8.49. The summed E-state index contributed by atoms with van der Waals surface area (Å²) in [6, 6.07) is 18.4. The molecule has 2 amide bonds. The van der Waals surface area contributed by atoms with Gasteiger partial charge in [0.05, 0.1) is 11.4 Å². The number of urea groups is 1. The van der Waals surface area contributed by atoms with Crippen LogP contribution in [0.1, 0.15) is 26.2 Å². The molecule has 0 saturated carbocycles. The van der Waals surface area contributed by atoms with Crippen LogP contribution in [0.15, 0.2) is 60.7 Å². The molecule has 5 nitrogen and oxygen atoms in total. The van der Waals surface area contributed by atoms with Crippen molar-refractivity contribution in [3.05, 3.63) is 60.7 Å². The number of hydrogen-bond acceptors (Lipinski definition) is 2. The van der Waals surface area contributed by atoms with E-state index in [1.807, 2.05) is 60.7 Å². The van der Waals surface area contributed by atoms with Gasteiger partial charge in [-0.1, -0.05) is 36.4 Å². The number of carboxylic acid groups (broad SMARTS) is 1. The van der Waals surface area contributed by atoms with Crippen molar-refractivity contribution in [1.29, 1.82) is 0 Å². The van der Waals surface area contributed by atoms with Crippen molar-refractivity contribution in [2.75, 3.05) is 11.4 Å². The Bertz CT molecular complexity index is 709. The maximum absolute atomic E-state index is 13.4. The van der Waals surface area contributed by atoms with Crippen LogP contribution >= 0.6 is 0 Å². The van der Waals surface area contributed by atoms with Crippen LogP contribution in [-0.4, -0.2) is 34.1 Å². The van der Waals surface area contributed by atoms with Crippen LogP contribution in [0.25, 0.3) is 0 Å². The number of amides is 2. The number of hydrogen-bond donors (Lipinski definition) is 1. The van der Waals surface area contributed by atoms with Crippen LogP contribution < -0.4 is 4.90 Å². The molecule has 1 N–H and O–H groups in total. The number of anilines is 2. The van der Waals surface area contributed by atoms with Gasteiger partial charge in [-0.2, -0.15) is 0 Å². The summed E-state index contributed by atoms with van der Waals surface area (Å²) in [5.41, 5.74) is 0.256. The third-order valence-electron chi connectivity index (χ3n) is 4.80. The van der Waals surface area contributed by atoms with E-state index >= 15 is 0 Å². The minimum absolute atomic E-state index is 0.304. The van der Waals surface area contributed by atoms with Gasteiger partial charge in [0.2, 0.25) is 0 Å². The molecule has 0 aliphatic carbocycles. The van der Waals surface area contributed by atoms with E-state index in [9.17, 15) is 14.7 Å². The predicted molar refractivity (Wildman–Crippen MR) is 97.0 cm³/mol. The van der Waals surface area contributed by atoms with E-state index in [2.05, 4.69) is 0 Å². The van der Waals surface area contributed by atoms with Gasteiger partial charge < -0.3 is 10.0 Å². The monoisotopic (exact) mass is 338 g/mol. The van der Waals surface area contributed by atoms with Gasteiger partial charge in [-0.15, -0.1) is 0 Å². The Hall–Kier alpha value is -2.82. The second-order valence-electron chi connectivity index (χ2n) is 6.48. The zero-order valence-corrected chi connectivity index (χ0v) is 14.3. The molecule has 1 fully saturated rings. The van der Waals surface area contributed by atoms with E-state index in [1.165, 1.54) is 4.90 Å². The number of likely N-dealkylation sites (tertiary alicyclic amines) is 1. The van der Waals surface area contributed by atoms with Gasteiger partial charge in [-0.05, 0) is 50.5 Å². The number of aliphatic carboxylic acids is 1. The van der Waals surface area contributed by atoms with E-state index < -0.39 is 11.5 Å². The summed E-state index contributed by atoms with van der Waals surface area (Å²) < 4.78 is 0. The minimum Gasteiger partial charge on any atom is -0.480 e. The number of para-hydroxylation sites is 2. The smallest absolute Gasteiger partial charge is 0.330 e. The third-order valence-corrected chi connectivity index (χ3v) is 4.80. The molecule has 2 aromatic carbocycles. The molecule has 1 heterocycles. The molecule has 0 spiro atoms. The predicted octanol–water partition coefficient (Wildman–Crippen LogP) is 4.27. The molecular formula is C20H22N2O3. The van der Waals surface area contributed by atoms with Crippen LogP contribution in [0.4, 0.5) is 16.2 Å². The normalized spacial score (nSPS) is 20.1. The maximum Gasteiger partial charge on any atom is 0.330 e. The van der Waals surface area contributed by atoms with Crippen molar-refractivity contribution < 1.29 is 14.7 Å². The third kappa shape index (κ3) is 3.22. The lowest BCUT2D eigenvalue weighted by Gasteiger charge is -2.43. The van der Waals surface area contributed by atoms with Gasteiger partial charge in [0, 0.05) is 6.54 Å². The molecule has 3 rings (SSSR count). The Balaban J connectivity index is 2.04. The largest absolute Gasteiger partial charge is 0.480 e. The number of carbonyl (C=O) groups excluding carboxylic acids is 1. The van der Waals surface area contributed by atoms with Crippen molar-refractivity contribution in [3.8, 4) is 0 Å². The van der Waals surface area contributed by atoms with Crippen molar-refractivity contribution in [2.45, 2.75) is 31.7 Å². The van der Waals surface area contributed by atoms with Crippen LogP contribution in [-0.2, 0) is 4.79 Å². The number of carbonyl (C=O) groups is 2. The topological polar surface area (TPSA) is 60.9 Å². The molecular weight excluding hydrogens is 316 g/mol. The highest BCUT2D eigenvalue weighted by atomic mass is 16.4. The molecule has 1 saturated heterocycles. The summed E-state index contributed by atoms with van der Waals surface area (Å²) in [6.45, 7) is 2.08. The molecule has 1 aliphatic rings. The molecule has 1 atom stereocenters. The van der Waals surface area contributed by atoms with E-state index in [0.29, 0.717) is 13.0 Å². The highest BCUT2D eigenvalue weighted by molar-refractivity contribution is 6.01. The highest BCUT2D eigenvalue weighted by Gasteiger charge is 2.45. The number of nitrogens with zero attached hydrogens (tertiary/aromatic N) is 2. The Morgan fingerprint density at radius 3 is 1.96 bits per heavy atom. The Kier molecular flexibility index (Phi) is 4.74. The van der Waals surface area contributed by atoms with Crippen LogP contribution in [0.5, 0.6) is 0 Å². The Morgan fingerprint density at radius 2 is 1.48 bits per heavy atom. The highest BCUT2D eigenvalue weighted by Crippen LogP contribution is 2.33. The number of benzene rings is 2. The molecule has 0 radical (unpaired) electrons. The summed E-state index contributed by atoms with van der Waals surface area (Å²) in [4.78, 5) is 28.4. The zero-order chi connectivity index (χ0) is 17.9. The van der Waals surface area contributed by atoms with Crippen LogP contribution in [0.3, 0.4) is 0 Å². The molecule has 5 heteroatoms. The Labute approximate surface area is 147 Å². The second-order valence-corrected chi connectivity index (χ2v) is 6.48. The fourth-order valence-corrected chi connectivity index (χ4v) is 3.29. The van der Waals surface area contributed by atoms with E-state index in [0.717, 1.165) is 24.2 Å². The summed E-state index contributed by atoms with van der Waals surface area (Å²) in [5.74, 6) is -0.957. The van der Waals surface area contributed by atoms with Crippen molar-refractivity contribution >= 4 is 23.4 Å². The average molecular weight is 338 g/mol. The van der Waals surface area contributed by atoms with Gasteiger partial charge in [-0.3, -0.25) is 4.90 Å². The van der Waals surface area contributed by atoms with Crippen molar-refractivity contribution in [3.63, 3.8) is 0 Å². The minimum atomic E-state index is -1.18.